The van der Waals surface area contributed by atoms with Gasteiger partial charge in [0.25, 0.3) is 0 Å². The highest BCUT2D eigenvalue weighted by molar-refractivity contribution is 5.54. The van der Waals surface area contributed by atoms with E-state index in [9.17, 15) is 27.6 Å². The molecule has 3 aromatic rings. The van der Waals surface area contributed by atoms with E-state index in [2.05, 4.69) is 15.0 Å². The number of alkyl halides is 3. The fraction of sp³-hybridized carbons (Fsp3) is 0.125. The number of isocyanates is 3. The Morgan fingerprint density at radius 1 is 0.636 bits per heavy atom. The average Bonchev–Trinajstić information content (AvgIpc) is 2.77. The molecule has 0 bridgehead atoms. The molecule has 3 rings (SSSR count). The Morgan fingerprint density at radius 2 is 1.21 bits per heavy atom. The van der Waals surface area contributed by atoms with E-state index < -0.39 is 17.4 Å². The Kier molecular flexibility index (Phi) is 11.1. The molecule has 0 aliphatic rings. The lowest BCUT2D eigenvalue weighted by molar-refractivity contribution is -0.137. The predicted molar refractivity (Wildman–Crippen MR) is 117 cm³/mol. The van der Waals surface area contributed by atoms with E-state index in [1.54, 1.807) is 18.2 Å². The van der Waals surface area contributed by atoms with Gasteiger partial charge in [0.05, 0.1) is 22.6 Å². The van der Waals surface area contributed by atoms with Crippen LogP contribution in [0, 0.1) is 13.8 Å². The minimum Gasteiger partial charge on any atom is -0.211 e. The Bertz CT molecular complexity index is 1190. The molecule has 3 aromatic carbocycles. The second kappa shape index (κ2) is 13.8. The summed E-state index contributed by atoms with van der Waals surface area (Å²) in [6.45, 7) is 3.93. The molecule has 9 heteroatoms. The number of hydrogen-bond donors (Lipinski definition) is 0. The lowest BCUT2D eigenvalue weighted by Crippen LogP contribution is -2.04. The van der Waals surface area contributed by atoms with Gasteiger partial charge in [-0.25, -0.2) is 14.4 Å². The van der Waals surface area contributed by atoms with Crippen molar-refractivity contribution < 1.29 is 27.6 Å². The maximum absolute atomic E-state index is 12.2. The molecule has 0 fully saturated rings. The van der Waals surface area contributed by atoms with Crippen molar-refractivity contribution in [3.05, 3.63) is 89.5 Å². The zero-order chi connectivity index (χ0) is 24.7. The Morgan fingerprint density at radius 3 is 1.76 bits per heavy atom. The van der Waals surface area contributed by atoms with E-state index in [0.29, 0.717) is 11.4 Å². The third-order valence-electron chi connectivity index (χ3n) is 3.76. The van der Waals surface area contributed by atoms with Crippen LogP contribution < -0.4 is 0 Å². The predicted octanol–water partition coefficient (Wildman–Crippen LogP) is 6.60. The van der Waals surface area contributed by atoms with Crippen LogP contribution in [0.4, 0.5) is 30.2 Å². The zero-order valence-corrected chi connectivity index (χ0v) is 17.6. The molecular weight excluding hydrogens is 435 g/mol. The van der Waals surface area contributed by atoms with E-state index >= 15 is 0 Å². The molecular formula is C24H18F3N3O3. The van der Waals surface area contributed by atoms with Crippen molar-refractivity contribution in [1.82, 2.24) is 0 Å². The third-order valence-corrected chi connectivity index (χ3v) is 3.76. The molecule has 0 atom stereocenters. The van der Waals surface area contributed by atoms with Crippen LogP contribution in [-0.2, 0) is 20.6 Å². The zero-order valence-electron chi connectivity index (χ0n) is 17.6. The first-order valence-electron chi connectivity index (χ1n) is 9.24. The van der Waals surface area contributed by atoms with Gasteiger partial charge in [0.2, 0.25) is 18.2 Å². The molecule has 0 heterocycles. The highest BCUT2D eigenvalue weighted by Gasteiger charge is 2.33. The van der Waals surface area contributed by atoms with E-state index in [1.807, 2.05) is 44.2 Å². The summed E-state index contributed by atoms with van der Waals surface area (Å²) in [5.74, 6) is 0. The van der Waals surface area contributed by atoms with Crippen LogP contribution >= 0.6 is 0 Å². The summed E-state index contributed by atoms with van der Waals surface area (Å²) in [6, 6.07) is 19.3. The lowest BCUT2D eigenvalue weighted by Gasteiger charge is -2.07. The first-order valence-corrected chi connectivity index (χ1v) is 9.24. The number of carbonyl (C=O) groups excluding carboxylic acids is 3. The second-order valence-electron chi connectivity index (χ2n) is 6.30. The Labute approximate surface area is 187 Å². The van der Waals surface area contributed by atoms with Crippen LogP contribution in [-0.4, -0.2) is 18.2 Å². The molecule has 0 amide bonds. The first-order chi connectivity index (χ1) is 15.7. The number of hydrogen-bond acceptors (Lipinski definition) is 6. The topological polar surface area (TPSA) is 88.3 Å². The molecule has 168 valence electrons. The van der Waals surface area contributed by atoms with E-state index in [4.69, 9.17) is 0 Å². The van der Waals surface area contributed by atoms with Crippen LogP contribution in [0.1, 0.15) is 16.7 Å². The lowest BCUT2D eigenvalue weighted by atomic mass is 10.2. The fourth-order valence-electron chi connectivity index (χ4n) is 2.28. The number of para-hydroxylation sites is 1. The van der Waals surface area contributed by atoms with Crippen LogP contribution in [0.25, 0.3) is 0 Å². The number of halogens is 3. The van der Waals surface area contributed by atoms with Crippen molar-refractivity contribution in [2.24, 2.45) is 15.0 Å². The van der Waals surface area contributed by atoms with Gasteiger partial charge in [-0.05, 0) is 55.8 Å². The SMILES string of the molecule is Cc1ccc(N=C=O)cc1.Cc1cccc(N=C=O)c1.O=C=Nc1ccccc1C(F)(F)F. The van der Waals surface area contributed by atoms with E-state index in [0.717, 1.165) is 29.3 Å². The van der Waals surface area contributed by atoms with Gasteiger partial charge in [0.1, 0.15) is 0 Å². The van der Waals surface area contributed by atoms with Crippen molar-refractivity contribution in [3.63, 3.8) is 0 Å². The third kappa shape index (κ3) is 10.4. The number of aliphatic imine (C=N–C) groups is 3. The molecule has 6 nitrogen and oxygen atoms in total. The van der Waals surface area contributed by atoms with Gasteiger partial charge in [-0.2, -0.15) is 28.1 Å². The number of benzene rings is 3. The van der Waals surface area contributed by atoms with Gasteiger partial charge in [0, 0.05) is 0 Å². The summed E-state index contributed by atoms with van der Waals surface area (Å²) in [4.78, 5) is 39.2. The summed E-state index contributed by atoms with van der Waals surface area (Å²) < 4.78 is 36.5. The van der Waals surface area contributed by atoms with Crippen molar-refractivity contribution in [2.45, 2.75) is 20.0 Å². The maximum Gasteiger partial charge on any atom is 0.418 e. The minimum absolute atomic E-state index is 0.412. The van der Waals surface area contributed by atoms with Crippen molar-refractivity contribution in [1.29, 1.82) is 0 Å². The molecule has 0 aliphatic heterocycles. The smallest absolute Gasteiger partial charge is 0.211 e. The summed E-state index contributed by atoms with van der Waals surface area (Å²) in [5.41, 5.74) is 2.22. The van der Waals surface area contributed by atoms with Crippen LogP contribution in [0.2, 0.25) is 0 Å². The largest absolute Gasteiger partial charge is 0.418 e. The molecule has 33 heavy (non-hydrogen) atoms. The van der Waals surface area contributed by atoms with E-state index in [-0.39, 0.29) is 0 Å². The van der Waals surface area contributed by atoms with Crippen molar-refractivity contribution >= 4 is 35.3 Å². The Balaban J connectivity index is 0.000000251. The summed E-state index contributed by atoms with van der Waals surface area (Å²) in [5, 5.41) is 0. The maximum atomic E-state index is 12.2. The van der Waals surface area contributed by atoms with Gasteiger partial charge in [-0.15, -0.1) is 0 Å². The van der Waals surface area contributed by atoms with Crippen molar-refractivity contribution in [3.8, 4) is 0 Å². The highest BCUT2D eigenvalue weighted by Crippen LogP contribution is 2.35. The average molecular weight is 453 g/mol. The minimum atomic E-state index is -4.49. The first kappa shape index (κ1) is 26.6. The highest BCUT2D eigenvalue weighted by atomic mass is 19.4. The number of nitrogens with zero attached hydrogens (tertiary/aromatic N) is 3. The van der Waals surface area contributed by atoms with Crippen LogP contribution in [0.3, 0.4) is 0 Å². The molecule has 0 unspecified atom stereocenters. The molecule has 0 N–H and O–H groups in total. The molecule has 0 radical (unpaired) electrons. The standard InChI is InChI=1S/C8H4F3NO.2C8H7NO/c9-8(10,11)6-3-1-2-4-7(6)12-5-13;1-7-2-4-8(5-3-7)9-6-10;1-7-3-2-4-8(5-7)9-6-10/h1-4H;2*2-5H,1H3. The van der Waals surface area contributed by atoms with E-state index in [1.165, 1.54) is 24.3 Å². The quantitative estimate of drug-likeness (QED) is 0.331. The fourth-order valence-corrected chi connectivity index (χ4v) is 2.28. The number of aryl methyl sites for hydroxylation is 2. The van der Waals surface area contributed by atoms with Crippen molar-refractivity contribution in [2.75, 3.05) is 0 Å². The summed E-state index contributed by atoms with van der Waals surface area (Å²) in [6.07, 6.45) is -0.453. The van der Waals surface area contributed by atoms with Gasteiger partial charge in [-0.3, -0.25) is 0 Å². The molecule has 0 saturated carbocycles. The van der Waals surface area contributed by atoms with Gasteiger partial charge >= 0.3 is 6.18 Å². The van der Waals surface area contributed by atoms with Gasteiger partial charge in [0.15, 0.2) is 0 Å². The molecule has 0 aromatic heterocycles. The molecule has 0 spiro atoms. The normalized spacial score (nSPS) is 9.36. The number of rotatable bonds is 3. The molecule has 0 aliphatic carbocycles. The van der Waals surface area contributed by atoms with Crippen LogP contribution in [0.5, 0.6) is 0 Å². The summed E-state index contributed by atoms with van der Waals surface area (Å²) >= 11 is 0. The van der Waals surface area contributed by atoms with Gasteiger partial charge in [-0.1, -0.05) is 42.0 Å². The van der Waals surface area contributed by atoms with Gasteiger partial charge < -0.3 is 0 Å². The van der Waals surface area contributed by atoms with Crippen LogP contribution in [0.15, 0.2) is 87.8 Å². The second-order valence-corrected chi connectivity index (χ2v) is 6.30. The monoisotopic (exact) mass is 453 g/mol. The Hall–Kier alpha value is -4.41. The summed E-state index contributed by atoms with van der Waals surface area (Å²) in [7, 11) is 0. The molecule has 0 saturated heterocycles.